The quantitative estimate of drug-likeness (QED) is 0.194. The minimum absolute atomic E-state index is 0.0287. The molecule has 0 unspecified atom stereocenters. The standard InChI is InChI=1S/C36H33Cl2N5O2S/c1-24-5-12-28(13-6-24)46-36(35(45)42-18-16-41(17-19-42)32-4-2-3-15-39-32)21-33(44)43(23-25-7-9-26(37)10-8-25)34(36)30-22-40-31-20-27(38)11-14-29(30)31/h2-15,20,22,34,40H,16-19,21,23H2,1H3/t34-,36-/m0/s1. The Balaban J connectivity index is 1.33. The summed E-state index contributed by atoms with van der Waals surface area (Å²) in [4.78, 5) is 44.3. The van der Waals surface area contributed by atoms with Crippen molar-refractivity contribution in [1.29, 1.82) is 0 Å². The molecule has 2 aliphatic heterocycles. The van der Waals surface area contributed by atoms with E-state index < -0.39 is 10.8 Å². The number of hydrogen-bond donors (Lipinski definition) is 1. The van der Waals surface area contributed by atoms with Crippen molar-refractivity contribution < 1.29 is 9.59 Å². The number of fused-ring (bicyclic) bond motifs is 1. The van der Waals surface area contributed by atoms with Gasteiger partial charge in [-0.1, -0.05) is 65.2 Å². The summed E-state index contributed by atoms with van der Waals surface area (Å²) < 4.78 is -1.12. The van der Waals surface area contributed by atoms with Crippen molar-refractivity contribution in [3.05, 3.63) is 124 Å². The van der Waals surface area contributed by atoms with Gasteiger partial charge in [-0.05, 0) is 61.0 Å². The molecule has 2 saturated heterocycles. The summed E-state index contributed by atoms with van der Waals surface area (Å²) in [5.41, 5.74) is 3.83. The Hall–Kier alpha value is -3.98. The van der Waals surface area contributed by atoms with Gasteiger partial charge < -0.3 is 19.7 Å². The molecule has 0 radical (unpaired) electrons. The van der Waals surface area contributed by atoms with E-state index in [0.29, 0.717) is 42.8 Å². The lowest BCUT2D eigenvalue weighted by Gasteiger charge is -2.42. The van der Waals surface area contributed by atoms with E-state index in [2.05, 4.69) is 27.0 Å². The van der Waals surface area contributed by atoms with E-state index in [-0.39, 0.29) is 18.2 Å². The molecule has 46 heavy (non-hydrogen) atoms. The van der Waals surface area contributed by atoms with Crippen LogP contribution >= 0.6 is 35.0 Å². The largest absolute Gasteiger partial charge is 0.361 e. The number of pyridine rings is 1. The molecule has 2 fully saturated rings. The monoisotopic (exact) mass is 669 g/mol. The van der Waals surface area contributed by atoms with Gasteiger partial charge in [-0.15, -0.1) is 11.8 Å². The third-order valence-corrected chi connectivity index (χ3v) is 10.8. The van der Waals surface area contributed by atoms with Gasteiger partial charge in [0.25, 0.3) is 0 Å². The molecule has 234 valence electrons. The number of aromatic nitrogens is 2. The van der Waals surface area contributed by atoms with Crippen molar-refractivity contribution in [2.75, 3.05) is 31.1 Å². The number of amides is 2. The van der Waals surface area contributed by atoms with E-state index in [4.69, 9.17) is 23.2 Å². The number of rotatable bonds is 7. The zero-order valence-electron chi connectivity index (χ0n) is 25.3. The lowest BCUT2D eigenvalue weighted by molar-refractivity contribution is -0.135. The number of aromatic amines is 1. The second-order valence-corrected chi connectivity index (χ2v) is 14.2. The van der Waals surface area contributed by atoms with Gasteiger partial charge in [-0.2, -0.15) is 0 Å². The molecule has 0 spiro atoms. The number of halogens is 2. The average Bonchev–Trinajstić information content (AvgIpc) is 3.60. The fraction of sp³-hybridized carbons (Fsp3) is 0.250. The fourth-order valence-electron chi connectivity index (χ4n) is 6.64. The van der Waals surface area contributed by atoms with E-state index in [9.17, 15) is 4.79 Å². The molecule has 2 aromatic heterocycles. The number of benzene rings is 3. The summed E-state index contributed by atoms with van der Waals surface area (Å²) in [5, 5.41) is 2.18. The predicted molar refractivity (Wildman–Crippen MR) is 185 cm³/mol. The van der Waals surface area contributed by atoms with Crippen LogP contribution in [0.1, 0.15) is 29.2 Å². The third-order valence-electron chi connectivity index (χ3n) is 8.95. The van der Waals surface area contributed by atoms with E-state index in [1.807, 2.05) is 95.7 Å². The second-order valence-electron chi connectivity index (χ2n) is 11.9. The summed E-state index contributed by atoms with van der Waals surface area (Å²) in [7, 11) is 0. The molecule has 5 aromatic rings. The van der Waals surface area contributed by atoms with Crippen molar-refractivity contribution in [1.82, 2.24) is 19.8 Å². The fourth-order valence-corrected chi connectivity index (χ4v) is 8.41. The number of thioether (sulfide) groups is 1. The Kier molecular flexibility index (Phi) is 8.44. The molecular formula is C36H33Cl2N5O2S. The first-order chi connectivity index (χ1) is 22.3. The molecular weight excluding hydrogens is 637 g/mol. The number of hydrogen-bond acceptors (Lipinski definition) is 5. The van der Waals surface area contributed by atoms with E-state index in [1.165, 1.54) is 11.8 Å². The van der Waals surface area contributed by atoms with Crippen LogP contribution in [0.3, 0.4) is 0 Å². The number of carbonyl (C=O) groups excluding carboxylic acids is 2. The highest BCUT2D eigenvalue weighted by Crippen LogP contribution is 2.55. The van der Waals surface area contributed by atoms with Gasteiger partial charge in [0.05, 0.1) is 12.5 Å². The predicted octanol–water partition coefficient (Wildman–Crippen LogP) is 7.53. The minimum atomic E-state index is -1.12. The van der Waals surface area contributed by atoms with Crippen molar-refractivity contribution >= 4 is 63.5 Å². The summed E-state index contributed by atoms with van der Waals surface area (Å²) in [6.07, 6.45) is 3.80. The van der Waals surface area contributed by atoms with E-state index in [0.717, 1.165) is 38.3 Å². The van der Waals surface area contributed by atoms with Crippen LogP contribution in [-0.4, -0.2) is 62.5 Å². The van der Waals surface area contributed by atoms with Crippen molar-refractivity contribution in [3.8, 4) is 0 Å². The van der Waals surface area contributed by atoms with Crippen LogP contribution in [0, 0.1) is 6.92 Å². The first-order valence-corrected chi connectivity index (χ1v) is 16.9. The van der Waals surface area contributed by atoms with Gasteiger partial charge in [-0.3, -0.25) is 9.59 Å². The van der Waals surface area contributed by atoms with Crippen LogP contribution in [0.2, 0.25) is 10.0 Å². The van der Waals surface area contributed by atoms with Crippen LogP contribution in [0.25, 0.3) is 10.9 Å². The Morgan fingerprint density at radius 3 is 2.41 bits per heavy atom. The van der Waals surface area contributed by atoms with E-state index in [1.54, 1.807) is 6.20 Å². The molecule has 7 rings (SSSR count). The topological polar surface area (TPSA) is 72.5 Å². The van der Waals surface area contributed by atoms with Crippen molar-refractivity contribution in [2.45, 2.75) is 35.6 Å². The zero-order valence-corrected chi connectivity index (χ0v) is 27.7. The van der Waals surface area contributed by atoms with Gasteiger partial charge in [0.1, 0.15) is 10.6 Å². The maximum Gasteiger partial charge on any atom is 0.242 e. The highest BCUT2D eigenvalue weighted by atomic mass is 35.5. The highest BCUT2D eigenvalue weighted by molar-refractivity contribution is 8.01. The third kappa shape index (κ3) is 5.85. The van der Waals surface area contributed by atoms with Crippen molar-refractivity contribution in [2.24, 2.45) is 0 Å². The van der Waals surface area contributed by atoms with Gasteiger partial charge in [0.2, 0.25) is 11.8 Å². The Morgan fingerprint density at radius 2 is 1.70 bits per heavy atom. The molecule has 3 aromatic carbocycles. The Morgan fingerprint density at radius 1 is 0.957 bits per heavy atom. The molecule has 10 heteroatoms. The van der Waals surface area contributed by atoms with Gasteiger partial charge in [-0.25, -0.2) is 4.98 Å². The Bertz CT molecular complexity index is 1870. The molecule has 7 nitrogen and oxygen atoms in total. The smallest absolute Gasteiger partial charge is 0.242 e. The molecule has 0 bridgehead atoms. The maximum atomic E-state index is 15.2. The highest BCUT2D eigenvalue weighted by Gasteiger charge is 2.59. The van der Waals surface area contributed by atoms with Crippen LogP contribution < -0.4 is 4.90 Å². The first-order valence-electron chi connectivity index (χ1n) is 15.3. The molecule has 1 N–H and O–H groups in total. The van der Waals surface area contributed by atoms with Crippen LogP contribution in [-0.2, 0) is 16.1 Å². The number of nitrogens with one attached hydrogen (secondary N) is 1. The molecule has 0 saturated carbocycles. The maximum absolute atomic E-state index is 15.2. The molecule has 2 amide bonds. The normalized spacial score (nSPS) is 20.1. The second kappa shape index (κ2) is 12.7. The number of nitrogens with zero attached hydrogens (tertiary/aromatic N) is 4. The van der Waals surface area contributed by atoms with Gasteiger partial charge >= 0.3 is 0 Å². The molecule has 2 atom stereocenters. The summed E-state index contributed by atoms with van der Waals surface area (Å²) in [6.45, 7) is 4.78. The van der Waals surface area contributed by atoms with Crippen molar-refractivity contribution in [3.63, 3.8) is 0 Å². The number of likely N-dealkylation sites (tertiary alicyclic amines) is 1. The average molecular weight is 671 g/mol. The van der Waals surface area contributed by atoms with E-state index >= 15 is 4.79 Å². The number of carbonyl (C=O) groups is 2. The lowest BCUT2D eigenvalue weighted by Crippen LogP contribution is -2.56. The summed E-state index contributed by atoms with van der Waals surface area (Å²) >= 11 is 14.1. The SMILES string of the molecule is Cc1ccc(S[C@@]2(C(=O)N3CCN(c4ccccn4)CC3)CC(=O)N(Cc3ccc(Cl)cc3)[C@H]2c2c[nH]c3cc(Cl)ccc23)cc1. The number of aryl methyl sites for hydroxylation is 1. The van der Waals surface area contributed by atoms with Gasteiger partial charge in [0.15, 0.2) is 0 Å². The number of piperazine rings is 1. The lowest BCUT2D eigenvalue weighted by atomic mass is 9.90. The summed E-state index contributed by atoms with van der Waals surface area (Å²) in [6, 6.07) is 26.8. The zero-order chi connectivity index (χ0) is 31.8. The van der Waals surface area contributed by atoms with Crippen LogP contribution in [0.4, 0.5) is 5.82 Å². The first kappa shape index (κ1) is 30.7. The van der Waals surface area contributed by atoms with Crippen LogP contribution in [0.5, 0.6) is 0 Å². The Labute approximate surface area is 282 Å². The van der Waals surface area contributed by atoms with Gasteiger partial charge in [0, 0.05) is 76.5 Å². The summed E-state index contributed by atoms with van der Waals surface area (Å²) in [5.74, 6) is 0.807. The number of H-pyrrole nitrogens is 1. The molecule has 2 aliphatic rings. The molecule has 4 heterocycles. The minimum Gasteiger partial charge on any atom is -0.361 e. The van der Waals surface area contributed by atoms with Crippen LogP contribution in [0.15, 0.2) is 102 Å². The molecule has 0 aliphatic carbocycles. The number of anilines is 1.